The van der Waals surface area contributed by atoms with Crippen molar-refractivity contribution in [3.05, 3.63) is 29.5 Å². The monoisotopic (exact) mass is 323 g/mol. The van der Waals surface area contributed by atoms with Crippen LogP contribution in [0.2, 0.25) is 0 Å². The van der Waals surface area contributed by atoms with E-state index in [1.807, 2.05) is 19.1 Å². The molecule has 2 aromatic rings. The molecule has 0 bridgehead atoms. The molecule has 1 N–H and O–H groups in total. The molecule has 0 aliphatic rings. The molecule has 0 saturated carbocycles. The molecule has 1 aromatic heterocycles. The molecule has 0 unspecified atom stereocenters. The van der Waals surface area contributed by atoms with Crippen LogP contribution in [0.3, 0.4) is 0 Å². The molecule has 1 aromatic carbocycles. The molecular weight excluding hydrogens is 302 g/mol. The highest BCUT2D eigenvalue weighted by Gasteiger charge is 2.18. The normalized spacial score (nSPS) is 11.9. The minimum absolute atomic E-state index is 0.108. The predicted octanol–water partition coefficient (Wildman–Crippen LogP) is 4.28. The summed E-state index contributed by atoms with van der Waals surface area (Å²) in [5, 5.41) is 3.64. The van der Waals surface area contributed by atoms with Crippen LogP contribution < -0.4 is 10.1 Å². The minimum Gasteiger partial charge on any atom is -0.493 e. The summed E-state index contributed by atoms with van der Waals surface area (Å²) in [7, 11) is 0. The van der Waals surface area contributed by atoms with Gasteiger partial charge in [0, 0.05) is 11.1 Å². The first-order valence-electron chi connectivity index (χ1n) is 7.39. The highest BCUT2D eigenvalue weighted by Crippen LogP contribution is 2.33. The lowest BCUT2D eigenvalue weighted by molar-refractivity contribution is 0.105. The van der Waals surface area contributed by atoms with Gasteiger partial charge in [0.15, 0.2) is 5.76 Å². The molecule has 0 amide bonds. The lowest BCUT2D eigenvalue weighted by Crippen LogP contribution is -2.36. The predicted molar refractivity (Wildman–Crippen MR) is 89.0 cm³/mol. The summed E-state index contributed by atoms with van der Waals surface area (Å²) in [6.07, 6.45) is 0.895. The number of fused-ring (bicyclic) bond motifs is 1. The summed E-state index contributed by atoms with van der Waals surface area (Å²) in [5.74, 6) is 0.904. The number of rotatable bonds is 6. The van der Waals surface area contributed by atoms with Gasteiger partial charge in [-0.2, -0.15) is 0 Å². The van der Waals surface area contributed by atoms with Crippen molar-refractivity contribution in [1.29, 1.82) is 0 Å². The quantitative estimate of drug-likeness (QED) is 0.637. The minimum atomic E-state index is -0.589. The van der Waals surface area contributed by atoms with Crippen molar-refractivity contribution < 1.29 is 13.9 Å². The molecule has 1 heterocycles. The van der Waals surface area contributed by atoms with E-state index in [-0.39, 0.29) is 11.3 Å². The maximum Gasteiger partial charge on any atom is 0.288 e. The number of hydrogen-bond donors (Lipinski definition) is 1. The van der Waals surface area contributed by atoms with Crippen molar-refractivity contribution in [2.75, 3.05) is 13.2 Å². The van der Waals surface area contributed by atoms with Gasteiger partial charge in [-0.25, -0.2) is 0 Å². The SMILES string of the molecule is Cc1c(C(=O)Cl)oc2cccc(OCCCNC(C)(C)C)c12. The Kier molecular flexibility index (Phi) is 5.14. The first kappa shape index (κ1) is 16.8. The molecule has 0 aliphatic heterocycles. The van der Waals surface area contributed by atoms with E-state index in [2.05, 4.69) is 26.1 Å². The molecule has 0 aliphatic carbocycles. The van der Waals surface area contributed by atoms with Crippen LogP contribution in [0.4, 0.5) is 0 Å². The van der Waals surface area contributed by atoms with Gasteiger partial charge < -0.3 is 14.5 Å². The fourth-order valence-electron chi connectivity index (χ4n) is 2.29. The maximum absolute atomic E-state index is 11.4. The van der Waals surface area contributed by atoms with Gasteiger partial charge in [0.05, 0.1) is 12.0 Å². The van der Waals surface area contributed by atoms with E-state index in [4.69, 9.17) is 20.8 Å². The van der Waals surface area contributed by atoms with Crippen LogP contribution in [0.5, 0.6) is 5.75 Å². The van der Waals surface area contributed by atoms with E-state index in [0.717, 1.165) is 29.7 Å². The Morgan fingerprint density at radius 1 is 1.36 bits per heavy atom. The highest BCUT2D eigenvalue weighted by atomic mass is 35.5. The summed E-state index contributed by atoms with van der Waals surface area (Å²) < 4.78 is 11.4. The van der Waals surface area contributed by atoms with E-state index in [9.17, 15) is 4.79 Å². The molecule has 0 spiro atoms. The number of hydrogen-bond acceptors (Lipinski definition) is 4. The van der Waals surface area contributed by atoms with Crippen molar-refractivity contribution in [2.24, 2.45) is 0 Å². The Balaban J connectivity index is 2.07. The molecule has 120 valence electrons. The number of carbonyl (C=O) groups is 1. The molecule has 4 nitrogen and oxygen atoms in total. The first-order valence-corrected chi connectivity index (χ1v) is 7.77. The van der Waals surface area contributed by atoms with Gasteiger partial charge in [0.2, 0.25) is 0 Å². The van der Waals surface area contributed by atoms with Crippen molar-refractivity contribution in [3.8, 4) is 5.75 Å². The largest absolute Gasteiger partial charge is 0.493 e. The van der Waals surface area contributed by atoms with E-state index >= 15 is 0 Å². The molecule has 0 radical (unpaired) electrons. The Morgan fingerprint density at radius 3 is 2.73 bits per heavy atom. The summed E-state index contributed by atoms with van der Waals surface area (Å²) in [6.45, 7) is 9.69. The number of furan rings is 1. The average Bonchev–Trinajstić information content (AvgIpc) is 2.75. The number of aryl methyl sites for hydroxylation is 1. The number of benzene rings is 1. The van der Waals surface area contributed by atoms with Gasteiger partial charge in [-0.15, -0.1) is 0 Å². The number of carbonyl (C=O) groups excluding carboxylic acids is 1. The first-order chi connectivity index (χ1) is 10.3. The van der Waals surface area contributed by atoms with Gasteiger partial charge in [-0.05, 0) is 64.4 Å². The zero-order valence-electron chi connectivity index (χ0n) is 13.5. The Morgan fingerprint density at radius 2 is 2.09 bits per heavy atom. The molecular formula is C17H22ClNO3. The fraction of sp³-hybridized carbons (Fsp3) is 0.471. The molecule has 22 heavy (non-hydrogen) atoms. The molecule has 0 fully saturated rings. The second-order valence-electron chi connectivity index (χ2n) is 6.34. The number of ether oxygens (including phenoxy) is 1. The van der Waals surface area contributed by atoms with Crippen LogP contribution in [0.25, 0.3) is 11.0 Å². The van der Waals surface area contributed by atoms with Gasteiger partial charge in [0.25, 0.3) is 5.24 Å². The fourth-order valence-corrected chi connectivity index (χ4v) is 2.47. The second kappa shape index (κ2) is 6.71. The average molecular weight is 324 g/mol. The van der Waals surface area contributed by atoms with E-state index in [0.29, 0.717) is 12.2 Å². The van der Waals surface area contributed by atoms with E-state index in [1.54, 1.807) is 6.07 Å². The molecule has 2 rings (SSSR count). The Hall–Kier alpha value is -1.52. The zero-order valence-corrected chi connectivity index (χ0v) is 14.2. The van der Waals surface area contributed by atoms with Crippen LogP contribution in [0.15, 0.2) is 22.6 Å². The van der Waals surface area contributed by atoms with E-state index < -0.39 is 5.24 Å². The molecule has 5 heteroatoms. The summed E-state index contributed by atoms with van der Waals surface area (Å²) in [6, 6.07) is 5.53. The third-order valence-electron chi connectivity index (χ3n) is 3.33. The van der Waals surface area contributed by atoms with Gasteiger partial charge >= 0.3 is 0 Å². The van der Waals surface area contributed by atoms with Gasteiger partial charge in [0.1, 0.15) is 11.3 Å². The van der Waals surface area contributed by atoms with Gasteiger partial charge in [-0.3, -0.25) is 4.79 Å². The zero-order chi connectivity index (χ0) is 16.3. The maximum atomic E-state index is 11.4. The standard InChI is InChI=1S/C17H22ClNO3/c1-11-14-12(21-10-6-9-19-17(2,3)4)7-5-8-13(14)22-15(11)16(18)20/h5,7-8,19H,6,9-10H2,1-4H3. The molecule has 0 atom stereocenters. The smallest absolute Gasteiger partial charge is 0.288 e. The topological polar surface area (TPSA) is 51.5 Å². The highest BCUT2D eigenvalue weighted by molar-refractivity contribution is 6.67. The third kappa shape index (κ3) is 4.02. The van der Waals surface area contributed by atoms with Crippen molar-refractivity contribution in [2.45, 2.75) is 39.7 Å². The number of nitrogens with one attached hydrogen (secondary N) is 1. The lowest BCUT2D eigenvalue weighted by Gasteiger charge is -2.20. The van der Waals surface area contributed by atoms with Crippen molar-refractivity contribution in [3.63, 3.8) is 0 Å². The lowest BCUT2D eigenvalue weighted by atomic mass is 10.1. The van der Waals surface area contributed by atoms with Crippen LogP contribution in [0.1, 0.15) is 43.3 Å². The summed E-state index contributed by atoms with van der Waals surface area (Å²) >= 11 is 5.54. The summed E-state index contributed by atoms with van der Waals surface area (Å²) in [5.41, 5.74) is 1.45. The van der Waals surface area contributed by atoms with Crippen LogP contribution in [-0.2, 0) is 0 Å². The molecule has 0 saturated heterocycles. The van der Waals surface area contributed by atoms with Gasteiger partial charge in [-0.1, -0.05) is 6.07 Å². The third-order valence-corrected chi connectivity index (χ3v) is 3.50. The number of halogens is 1. The van der Waals surface area contributed by atoms with Crippen LogP contribution >= 0.6 is 11.6 Å². The van der Waals surface area contributed by atoms with Crippen molar-refractivity contribution >= 4 is 27.8 Å². The Bertz CT molecular complexity index is 670. The van der Waals surface area contributed by atoms with Crippen LogP contribution in [0, 0.1) is 6.92 Å². The van der Waals surface area contributed by atoms with Crippen LogP contribution in [-0.4, -0.2) is 23.9 Å². The van der Waals surface area contributed by atoms with Crippen molar-refractivity contribution in [1.82, 2.24) is 5.32 Å². The van der Waals surface area contributed by atoms with E-state index in [1.165, 1.54) is 0 Å². The Labute approximate surface area is 135 Å². The second-order valence-corrected chi connectivity index (χ2v) is 6.68. The summed E-state index contributed by atoms with van der Waals surface area (Å²) in [4.78, 5) is 11.4.